The summed E-state index contributed by atoms with van der Waals surface area (Å²) in [6, 6.07) is -0.420. The fourth-order valence-corrected chi connectivity index (χ4v) is 2.63. The van der Waals surface area contributed by atoms with E-state index in [-0.39, 0.29) is 37.9 Å². The van der Waals surface area contributed by atoms with Crippen LogP contribution in [-0.2, 0) is 14.4 Å². The highest BCUT2D eigenvalue weighted by Gasteiger charge is 2.30. The predicted octanol–water partition coefficient (Wildman–Crippen LogP) is -0.358. The molecule has 2 fully saturated rings. The third-order valence-corrected chi connectivity index (χ3v) is 3.83. The standard InChI is InChI=1S/C13H19N3O5/c17-10(15-5-1-3-9(8-15)12(19)20)4-2-6-16-11(18)7-14-13(16)21/h9H,1-8H2,(H,14,21)(H,19,20). The van der Waals surface area contributed by atoms with Crippen molar-refractivity contribution in [1.29, 1.82) is 0 Å². The summed E-state index contributed by atoms with van der Waals surface area (Å²) in [7, 11) is 0. The molecule has 0 aromatic heterocycles. The number of carbonyl (C=O) groups is 4. The number of imide groups is 1. The van der Waals surface area contributed by atoms with Gasteiger partial charge in [0.05, 0.1) is 12.5 Å². The number of carbonyl (C=O) groups excluding carboxylic acids is 3. The molecule has 8 heteroatoms. The Morgan fingerprint density at radius 3 is 2.71 bits per heavy atom. The molecule has 21 heavy (non-hydrogen) atoms. The average molecular weight is 297 g/mol. The summed E-state index contributed by atoms with van der Waals surface area (Å²) in [5.41, 5.74) is 0. The molecule has 2 rings (SSSR count). The first-order valence-electron chi connectivity index (χ1n) is 7.08. The minimum atomic E-state index is -0.869. The molecular weight excluding hydrogens is 278 g/mol. The molecular formula is C13H19N3O5. The maximum atomic E-state index is 12.0. The van der Waals surface area contributed by atoms with Crippen molar-refractivity contribution in [2.45, 2.75) is 25.7 Å². The van der Waals surface area contributed by atoms with Gasteiger partial charge in [0.25, 0.3) is 0 Å². The van der Waals surface area contributed by atoms with Crippen molar-refractivity contribution in [1.82, 2.24) is 15.1 Å². The lowest BCUT2D eigenvalue weighted by molar-refractivity contribution is -0.145. The lowest BCUT2D eigenvalue weighted by atomic mass is 9.98. The van der Waals surface area contributed by atoms with Crippen LogP contribution >= 0.6 is 0 Å². The molecule has 0 aliphatic carbocycles. The van der Waals surface area contributed by atoms with Gasteiger partial charge in [-0.1, -0.05) is 0 Å². The fourth-order valence-electron chi connectivity index (χ4n) is 2.63. The van der Waals surface area contributed by atoms with E-state index in [1.807, 2.05) is 0 Å². The van der Waals surface area contributed by atoms with E-state index >= 15 is 0 Å². The van der Waals surface area contributed by atoms with E-state index in [0.717, 1.165) is 4.90 Å². The second-order valence-electron chi connectivity index (χ2n) is 5.32. The number of urea groups is 1. The smallest absolute Gasteiger partial charge is 0.324 e. The number of carboxylic acid groups (broad SMARTS) is 1. The number of aliphatic carboxylic acids is 1. The summed E-state index contributed by atoms with van der Waals surface area (Å²) >= 11 is 0. The summed E-state index contributed by atoms with van der Waals surface area (Å²) in [6.07, 6.45) is 1.90. The molecule has 0 aromatic carbocycles. The van der Waals surface area contributed by atoms with Crippen molar-refractivity contribution in [2.75, 3.05) is 26.2 Å². The molecule has 116 valence electrons. The van der Waals surface area contributed by atoms with Crippen LogP contribution in [0.15, 0.2) is 0 Å². The van der Waals surface area contributed by atoms with Crippen molar-refractivity contribution in [3.05, 3.63) is 0 Å². The first-order chi connectivity index (χ1) is 9.99. The summed E-state index contributed by atoms with van der Waals surface area (Å²) < 4.78 is 0. The molecule has 2 aliphatic rings. The quantitative estimate of drug-likeness (QED) is 0.674. The number of rotatable bonds is 5. The van der Waals surface area contributed by atoms with Gasteiger partial charge in [-0.3, -0.25) is 19.3 Å². The number of nitrogens with zero attached hydrogens (tertiary/aromatic N) is 2. The van der Waals surface area contributed by atoms with Crippen LogP contribution in [0.4, 0.5) is 4.79 Å². The molecule has 8 nitrogen and oxygen atoms in total. The largest absolute Gasteiger partial charge is 0.481 e. The topological polar surface area (TPSA) is 107 Å². The van der Waals surface area contributed by atoms with Gasteiger partial charge < -0.3 is 15.3 Å². The highest BCUT2D eigenvalue weighted by molar-refractivity contribution is 6.01. The van der Waals surface area contributed by atoms with Gasteiger partial charge in [0, 0.05) is 26.1 Å². The van der Waals surface area contributed by atoms with Gasteiger partial charge in [-0.05, 0) is 19.3 Å². The normalized spacial score (nSPS) is 22.4. The lowest BCUT2D eigenvalue weighted by Crippen LogP contribution is -2.42. The summed E-state index contributed by atoms with van der Waals surface area (Å²) in [4.78, 5) is 48.3. The summed E-state index contributed by atoms with van der Waals surface area (Å²) in [6.45, 7) is 1.05. The van der Waals surface area contributed by atoms with E-state index in [4.69, 9.17) is 5.11 Å². The number of carboxylic acids is 1. The van der Waals surface area contributed by atoms with Gasteiger partial charge in [-0.2, -0.15) is 0 Å². The number of nitrogens with one attached hydrogen (secondary N) is 1. The Morgan fingerprint density at radius 1 is 1.33 bits per heavy atom. The van der Waals surface area contributed by atoms with Crippen LogP contribution in [-0.4, -0.2) is 64.9 Å². The van der Waals surface area contributed by atoms with E-state index in [1.165, 1.54) is 0 Å². The number of hydrogen-bond acceptors (Lipinski definition) is 4. The number of piperidine rings is 1. The number of amides is 4. The van der Waals surface area contributed by atoms with Crippen molar-refractivity contribution in [3.8, 4) is 0 Å². The SMILES string of the molecule is O=C(O)C1CCCN(C(=O)CCCN2C(=O)CNC2=O)C1. The summed E-state index contributed by atoms with van der Waals surface area (Å²) in [5, 5.41) is 11.4. The minimum Gasteiger partial charge on any atom is -0.481 e. The van der Waals surface area contributed by atoms with Crippen LogP contribution < -0.4 is 5.32 Å². The van der Waals surface area contributed by atoms with Gasteiger partial charge in [-0.25, -0.2) is 4.79 Å². The van der Waals surface area contributed by atoms with Crippen LogP contribution in [0.5, 0.6) is 0 Å². The first-order valence-corrected chi connectivity index (χ1v) is 7.08. The van der Waals surface area contributed by atoms with E-state index in [9.17, 15) is 19.2 Å². The molecule has 0 radical (unpaired) electrons. The van der Waals surface area contributed by atoms with E-state index in [2.05, 4.69) is 5.32 Å². The summed E-state index contributed by atoms with van der Waals surface area (Å²) in [5.74, 6) is -1.76. The third kappa shape index (κ3) is 3.71. The van der Waals surface area contributed by atoms with Gasteiger partial charge in [0.1, 0.15) is 0 Å². The molecule has 4 amide bonds. The van der Waals surface area contributed by atoms with E-state index in [1.54, 1.807) is 4.90 Å². The Labute approximate surface area is 122 Å². The molecule has 0 aromatic rings. The van der Waals surface area contributed by atoms with Gasteiger partial charge in [0.2, 0.25) is 11.8 Å². The van der Waals surface area contributed by atoms with E-state index < -0.39 is 17.9 Å². The zero-order valence-electron chi connectivity index (χ0n) is 11.7. The molecule has 2 aliphatic heterocycles. The number of likely N-dealkylation sites (tertiary alicyclic amines) is 1. The van der Waals surface area contributed by atoms with Gasteiger partial charge >= 0.3 is 12.0 Å². The molecule has 1 unspecified atom stereocenters. The van der Waals surface area contributed by atoms with Crippen LogP contribution in [0, 0.1) is 5.92 Å². The Bertz CT molecular complexity index is 449. The maximum Gasteiger partial charge on any atom is 0.324 e. The van der Waals surface area contributed by atoms with E-state index in [0.29, 0.717) is 25.8 Å². The van der Waals surface area contributed by atoms with Crippen molar-refractivity contribution in [2.24, 2.45) is 5.92 Å². The molecule has 0 bridgehead atoms. The Kier molecular flexibility index (Phi) is 4.77. The molecule has 2 heterocycles. The van der Waals surface area contributed by atoms with Crippen molar-refractivity contribution in [3.63, 3.8) is 0 Å². The lowest BCUT2D eigenvalue weighted by Gasteiger charge is -2.30. The van der Waals surface area contributed by atoms with Crippen LogP contribution in [0.25, 0.3) is 0 Å². The molecule has 2 N–H and O–H groups in total. The molecule has 0 saturated carbocycles. The minimum absolute atomic E-state index is 0.0131. The van der Waals surface area contributed by atoms with Crippen LogP contribution in [0.3, 0.4) is 0 Å². The third-order valence-electron chi connectivity index (χ3n) is 3.83. The maximum absolute atomic E-state index is 12.0. The second kappa shape index (κ2) is 6.55. The number of hydrogen-bond donors (Lipinski definition) is 2. The monoisotopic (exact) mass is 297 g/mol. The molecule has 1 atom stereocenters. The zero-order chi connectivity index (χ0) is 15.4. The van der Waals surface area contributed by atoms with Gasteiger partial charge in [-0.15, -0.1) is 0 Å². The molecule has 0 spiro atoms. The zero-order valence-corrected chi connectivity index (χ0v) is 11.7. The molecule has 2 saturated heterocycles. The van der Waals surface area contributed by atoms with Crippen LogP contribution in [0.2, 0.25) is 0 Å². The average Bonchev–Trinajstić information content (AvgIpc) is 2.79. The highest BCUT2D eigenvalue weighted by Crippen LogP contribution is 2.17. The predicted molar refractivity (Wildman–Crippen MR) is 71.3 cm³/mol. The fraction of sp³-hybridized carbons (Fsp3) is 0.692. The Hall–Kier alpha value is -2.12. The Morgan fingerprint density at radius 2 is 2.10 bits per heavy atom. The van der Waals surface area contributed by atoms with Crippen molar-refractivity contribution >= 4 is 23.8 Å². The Balaban J connectivity index is 1.75. The van der Waals surface area contributed by atoms with Gasteiger partial charge in [0.15, 0.2) is 0 Å². The van der Waals surface area contributed by atoms with Crippen molar-refractivity contribution < 1.29 is 24.3 Å². The first kappa shape index (κ1) is 15.3. The van der Waals surface area contributed by atoms with Crippen LogP contribution in [0.1, 0.15) is 25.7 Å². The highest BCUT2D eigenvalue weighted by atomic mass is 16.4. The second-order valence-corrected chi connectivity index (χ2v) is 5.32.